The molecule has 0 spiro atoms. The Labute approximate surface area is 175 Å². The van der Waals surface area contributed by atoms with Crippen molar-refractivity contribution in [1.29, 1.82) is 0 Å². The predicted octanol–water partition coefficient (Wildman–Crippen LogP) is 7.09. The van der Waals surface area contributed by atoms with Crippen LogP contribution in [0.25, 0.3) is 58.7 Å². The molecule has 0 saturated heterocycles. The molecule has 0 atom stereocenters. The summed E-state index contributed by atoms with van der Waals surface area (Å²) >= 11 is 1.84. The Morgan fingerprint density at radius 3 is 2.47 bits per heavy atom. The molecule has 0 aliphatic rings. The highest BCUT2D eigenvalue weighted by atomic mass is 32.1. The van der Waals surface area contributed by atoms with Crippen LogP contribution in [0.3, 0.4) is 0 Å². The van der Waals surface area contributed by atoms with Crippen molar-refractivity contribution in [1.82, 2.24) is 14.5 Å². The van der Waals surface area contributed by atoms with E-state index < -0.39 is 0 Å². The quantitative estimate of drug-likeness (QED) is 0.294. The average molecular weight is 401 g/mol. The third kappa shape index (κ3) is 2.03. The van der Waals surface area contributed by atoms with Crippen molar-refractivity contribution >= 4 is 64.2 Å². The largest absolute Gasteiger partial charge is 0.291 e. The summed E-state index contributed by atoms with van der Waals surface area (Å²) in [7, 11) is 0. The number of hydrogen-bond acceptors (Lipinski definition) is 3. The number of aromatic nitrogens is 3. The number of benzene rings is 3. The summed E-state index contributed by atoms with van der Waals surface area (Å²) in [6.45, 7) is 0. The standard InChI is InChI=1S/C26H15N3S/c1-2-7-17-16(6-1)13-15-28-26(17)29-20-9-5-14-27-24(20)19-11-12-22-23(25(19)29)18-8-3-4-10-21(18)30-22/h1-15H. The van der Waals surface area contributed by atoms with E-state index in [2.05, 4.69) is 77.4 Å². The van der Waals surface area contributed by atoms with Gasteiger partial charge in [-0.1, -0.05) is 42.5 Å². The second kappa shape index (κ2) is 5.88. The van der Waals surface area contributed by atoms with Crippen LogP contribution in [0, 0.1) is 0 Å². The number of nitrogens with zero attached hydrogens (tertiary/aromatic N) is 3. The van der Waals surface area contributed by atoms with Crippen molar-refractivity contribution < 1.29 is 0 Å². The second-order valence-electron chi connectivity index (χ2n) is 7.50. The van der Waals surface area contributed by atoms with Gasteiger partial charge in [-0.05, 0) is 41.8 Å². The van der Waals surface area contributed by atoms with Crippen molar-refractivity contribution in [2.75, 3.05) is 0 Å². The lowest BCUT2D eigenvalue weighted by molar-refractivity contribution is 1.10. The number of pyridine rings is 2. The third-order valence-corrected chi connectivity index (χ3v) is 7.02. The highest BCUT2D eigenvalue weighted by Crippen LogP contribution is 2.42. The molecular formula is C26H15N3S. The Hall–Kier alpha value is -3.76. The molecule has 0 aliphatic carbocycles. The Morgan fingerprint density at radius 1 is 0.633 bits per heavy atom. The first kappa shape index (κ1) is 16.1. The maximum absolute atomic E-state index is 4.86. The predicted molar refractivity (Wildman–Crippen MR) is 127 cm³/mol. The summed E-state index contributed by atoms with van der Waals surface area (Å²) in [6.07, 6.45) is 3.77. The van der Waals surface area contributed by atoms with Gasteiger partial charge in [0.25, 0.3) is 0 Å². The van der Waals surface area contributed by atoms with E-state index in [9.17, 15) is 0 Å². The molecule has 4 aromatic heterocycles. The van der Waals surface area contributed by atoms with Crippen molar-refractivity contribution in [2.24, 2.45) is 0 Å². The first-order valence-corrected chi connectivity index (χ1v) is 10.8. The van der Waals surface area contributed by atoms with Gasteiger partial charge in [0.05, 0.1) is 16.6 Å². The van der Waals surface area contributed by atoms with Gasteiger partial charge in [-0.3, -0.25) is 9.55 Å². The van der Waals surface area contributed by atoms with Gasteiger partial charge in [-0.25, -0.2) is 4.98 Å². The Bertz CT molecular complexity index is 1750. The topological polar surface area (TPSA) is 30.7 Å². The smallest absolute Gasteiger partial charge is 0.145 e. The first-order chi connectivity index (χ1) is 14.9. The minimum absolute atomic E-state index is 0.948. The zero-order valence-corrected chi connectivity index (χ0v) is 16.7. The Kier molecular flexibility index (Phi) is 3.15. The monoisotopic (exact) mass is 401 g/mol. The summed E-state index contributed by atoms with van der Waals surface area (Å²) in [5, 5.41) is 6.05. The van der Waals surface area contributed by atoms with Gasteiger partial charge >= 0.3 is 0 Å². The van der Waals surface area contributed by atoms with Crippen LogP contribution in [-0.2, 0) is 0 Å². The SMILES string of the molecule is c1ccc2c(-n3c4cccnc4c4ccc5sc6ccccc6c5c43)nccc2c1. The second-order valence-corrected chi connectivity index (χ2v) is 8.58. The van der Waals surface area contributed by atoms with Crippen LogP contribution in [-0.4, -0.2) is 14.5 Å². The molecule has 0 amide bonds. The summed E-state index contributed by atoms with van der Waals surface area (Å²) in [6, 6.07) is 27.8. The molecule has 140 valence electrons. The number of thiophene rings is 1. The molecule has 0 aliphatic heterocycles. The lowest BCUT2D eigenvalue weighted by atomic mass is 10.1. The molecule has 7 rings (SSSR count). The van der Waals surface area contributed by atoms with Crippen molar-refractivity contribution in [3.05, 3.63) is 91.3 Å². The lowest BCUT2D eigenvalue weighted by Crippen LogP contribution is -1.98. The molecule has 4 heterocycles. The number of hydrogen-bond donors (Lipinski definition) is 0. The van der Waals surface area contributed by atoms with Crippen molar-refractivity contribution in [2.45, 2.75) is 0 Å². The Morgan fingerprint density at radius 2 is 1.50 bits per heavy atom. The molecule has 7 aromatic rings. The normalized spacial score (nSPS) is 12.0. The highest BCUT2D eigenvalue weighted by molar-refractivity contribution is 7.26. The van der Waals surface area contributed by atoms with Gasteiger partial charge in [0.1, 0.15) is 5.82 Å². The molecular weight excluding hydrogens is 386 g/mol. The van der Waals surface area contributed by atoms with Crippen LogP contribution in [0.4, 0.5) is 0 Å². The minimum atomic E-state index is 0.948. The van der Waals surface area contributed by atoms with E-state index in [4.69, 9.17) is 9.97 Å². The molecule has 30 heavy (non-hydrogen) atoms. The third-order valence-electron chi connectivity index (χ3n) is 5.89. The molecule has 0 radical (unpaired) electrons. The maximum atomic E-state index is 4.86. The molecule has 0 saturated carbocycles. The zero-order chi connectivity index (χ0) is 19.7. The average Bonchev–Trinajstić information content (AvgIpc) is 3.34. The fraction of sp³-hybridized carbons (Fsp3) is 0. The molecule has 3 aromatic carbocycles. The van der Waals surface area contributed by atoms with Crippen LogP contribution in [0.15, 0.2) is 91.3 Å². The fourth-order valence-electron chi connectivity index (χ4n) is 4.63. The summed E-state index contributed by atoms with van der Waals surface area (Å²) in [5.41, 5.74) is 3.28. The maximum Gasteiger partial charge on any atom is 0.145 e. The van der Waals surface area contributed by atoms with Crippen molar-refractivity contribution in [3.63, 3.8) is 0 Å². The number of rotatable bonds is 1. The molecule has 0 unspecified atom stereocenters. The van der Waals surface area contributed by atoms with Gasteiger partial charge in [-0.2, -0.15) is 0 Å². The summed E-state index contributed by atoms with van der Waals surface area (Å²) in [5.74, 6) is 0.948. The van der Waals surface area contributed by atoms with Crippen LogP contribution >= 0.6 is 11.3 Å². The highest BCUT2D eigenvalue weighted by Gasteiger charge is 2.20. The van der Waals surface area contributed by atoms with E-state index in [-0.39, 0.29) is 0 Å². The van der Waals surface area contributed by atoms with Gasteiger partial charge in [0.15, 0.2) is 0 Å². The fourth-order valence-corrected chi connectivity index (χ4v) is 5.74. The van der Waals surface area contributed by atoms with Crippen LogP contribution in [0.2, 0.25) is 0 Å². The minimum Gasteiger partial charge on any atom is -0.291 e. The molecule has 3 nitrogen and oxygen atoms in total. The van der Waals surface area contributed by atoms with E-state index >= 15 is 0 Å². The molecule has 0 N–H and O–H groups in total. The van der Waals surface area contributed by atoms with Gasteiger partial charge in [-0.15, -0.1) is 11.3 Å². The lowest BCUT2D eigenvalue weighted by Gasteiger charge is -2.10. The molecule has 0 bridgehead atoms. The van der Waals surface area contributed by atoms with E-state index in [1.165, 1.54) is 31.1 Å². The number of fused-ring (bicyclic) bond motifs is 8. The summed E-state index contributed by atoms with van der Waals surface area (Å²) in [4.78, 5) is 9.62. The van der Waals surface area contributed by atoms with Crippen LogP contribution < -0.4 is 0 Å². The van der Waals surface area contributed by atoms with Gasteiger partial charge in [0, 0.05) is 43.3 Å². The zero-order valence-electron chi connectivity index (χ0n) is 15.9. The molecule has 0 fully saturated rings. The van der Waals surface area contributed by atoms with Crippen LogP contribution in [0.5, 0.6) is 0 Å². The molecule has 4 heteroatoms. The first-order valence-electron chi connectivity index (χ1n) is 9.94. The van der Waals surface area contributed by atoms with E-state index in [0.717, 1.165) is 27.6 Å². The summed E-state index contributed by atoms with van der Waals surface area (Å²) < 4.78 is 4.89. The van der Waals surface area contributed by atoms with Crippen molar-refractivity contribution in [3.8, 4) is 5.82 Å². The van der Waals surface area contributed by atoms with E-state index in [1.54, 1.807) is 0 Å². The van der Waals surface area contributed by atoms with Gasteiger partial charge in [0.2, 0.25) is 0 Å². The van der Waals surface area contributed by atoms with E-state index in [1.807, 2.05) is 29.8 Å². The van der Waals surface area contributed by atoms with Gasteiger partial charge < -0.3 is 0 Å². The van der Waals surface area contributed by atoms with E-state index in [0.29, 0.717) is 0 Å². The Balaban J connectivity index is 1.80. The van der Waals surface area contributed by atoms with Crippen LogP contribution in [0.1, 0.15) is 0 Å².